The van der Waals surface area contributed by atoms with Crippen molar-refractivity contribution in [2.24, 2.45) is 0 Å². The maximum atomic E-state index is 4.67. The van der Waals surface area contributed by atoms with Crippen LogP contribution in [0.4, 0.5) is 0 Å². The van der Waals surface area contributed by atoms with E-state index in [0.717, 1.165) is 40.9 Å². The fourth-order valence-electron chi connectivity index (χ4n) is 2.52. The van der Waals surface area contributed by atoms with Crippen LogP contribution in [-0.2, 0) is 19.4 Å². The molecule has 0 spiro atoms. The van der Waals surface area contributed by atoms with E-state index < -0.39 is 0 Å². The van der Waals surface area contributed by atoms with Gasteiger partial charge in [-0.05, 0) is 55.4 Å². The average molecular weight is 351 g/mol. The number of aromatic nitrogens is 3. The summed E-state index contributed by atoms with van der Waals surface area (Å²) >= 11 is 3.72. The zero-order chi connectivity index (χ0) is 15.4. The highest BCUT2D eigenvalue weighted by atomic mass is 79.9. The molecule has 114 valence electrons. The second-order valence-electron chi connectivity index (χ2n) is 5.13. The highest BCUT2D eigenvalue weighted by Crippen LogP contribution is 2.26. The number of pyridine rings is 1. The Morgan fingerprint density at radius 1 is 1.33 bits per heavy atom. The predicted molar refractivity (Wildman–Crippen MR) is 89.5 cm³/mol. The lowest BCUT2D eigenvalue weighted by molar-refractivity contribution is 0.529. The molecule has 0 saturated heterocycles. The summed E-state index contributed by atoms with van der Waals surface area (Å²) in [5.41, 5.74) is 4.48. The Labute approximate surface area is 135 Å². The van der Waals surface area contributed by atoms with E-state index in [4.69, 9.17) is 0 Å². The molecule has 0 saturated carbocycles. The molecule has 1 N–H and O–H groups in total. The van der Waals surface area contributed by atoms with Gasteiger partial charge in [0, 0.05) is 18.7 Å². The van der Waals surface area contributed by atoms with E-state index >= 15 is 0 Å². The number of nitrogens with zero attached hydrogens (tertiary/aromatic N) is 3. The second-order valence-corrected chi connectivity index (χ2v) is 5.92. The highest BCUT2D eigenvalue weighted by molar-refractivity contribution is 9.10. The minimum atomic E-state index is 0.188. The van der Waals surface area contributed by atoms with Crippen molar-refractivity contribution in [1.29, 1.82) is 0 Å². The van der Waals surface area contributed by atoms with Gasteiger partial charge in [-0.25, -0.2) is 0 Å². The van der Waals surface area contributed by atoms with Crippen LogP contribution in [-0.4, -0.2) is 21.8 Å². The number of nitrogens with one attached hydrogen (secondary N) is 1. The molecule has 0 aliphatic rings. The summed E-state index contributed by atoms with van der Waals surface area (Å²) in [5.74, 6) is 0. The van der Waals surface area contributed by atoms with Gasteiger partial charge < -0.3 is 5.32 Å². The van der Waals surface area contributed by atoms with E-state index in [-0.39, 0.29) is 6.04 Å². The molecule has 2 aromatic rings. The molecule has 0 aliphatic carbocycles. The van der Waals surface area contributed by atoms with Gasteiger partial charge in [0.25, 0.3) is 0 Å². The van der Waals surface area contributed by atoms with E-state index in [1.54, 1.807) is 0 Å². The summed E-state index contributed by atoms with van der Waals surface area (Å²) in [6.45, 7) is 7.17. The number of hydrogen-bond donors (Lipinski definition) is 1. The van der Waals surface area contributed by atoms with Gasteiger partial charge in [0.2, 0.25) is 0 Å². The molecule has 0 aromatic carbocycles. The van der Waals surface area contributed by atoms with Crippen LogP contribution < -0.4 is 5.32 Å². The van der Waals surface area contributed by atoms with Crippen molar-refractivity contribution in [2.75, 3.05) is 7.05 Å². The fourth-order valence-corrected chi connectivity index (χ4v) is 3.24. The van der Waals surface area contributed by atoms with Crippen LogP contribution in [0.15, 0.2) is 22.7 Å². The molecule has 21 heavy (non-hydrogen) atoms. The third-order valence-electron chi connectivity index (χ3n) is 3.71. The summed E-state index contributed by atoms with van der Waals surface area (Å²) in [7, 11) is 1.98. The van der Waals surface area contributed by atoms with Gasteiger partial charge >= 0.3 is 0 Å². The first-order valence-corrected chi connectivity index (χ1v) is 8.24. The van der Waals surface area contributed by atoms with E-state index in [1.165, 1.54) is 5.69 Å². The summed E-state index contributed by atoms with van der Waals surface area (Å²) in [6, 6.07) is 6.35. The molecule has 2 heterocycles. The molecule has 1 unspecified atom stereocenters. The van der Waals surface area contributed by atoms with Gasteiger partial charge in [0.05, 0.1) is 27.6 Å². The molecule has 1 atom stereocenters. The molecule has 0 bridgehead atoms. The number of aryl methyl sites for hydroxylation is 3. The smallest absolute Gasteiger partial charge is 0.0766 e. The van der Waals surface area contributed by atoms with Crippen LogP contribution >= 0.6 is 15.9 Å². The first-order chi connectivity index (χ1) is 10.1. The van der Waals surface area contributed by atoms with E-state index in [2.05, 4.69) is 62.0 Å². The van der Waals surface area contributed by atoms with E-state index in [0.29, 0.717) is 0 Å². The maximum Gasteiger partial charge on any atom is 0.0766 e. The molecule has 0 fully saturated rings. The van der Waals surface area contributed by atoms with Crippen molar-refractivity contribution in [3.8, 4) is 0 Å². The molecule has 0 aliphatic heterocycles. The van der Waals surface area contributed by atoms with Crippen LogP contribution in [0.5, 0.6) is 0 Å². The zero-order valence-corrected chi connectivity index (χ0v) is 14.7. The molecular weight excluding hydrogens is 328 g/mol. The van der Waals surface area contributed by atoms with E-state index in [1.807, 2.05) is 20.0 Å². The van der Waals surface area contributed by atoms with Gasteiger partial charge in [-0.3, -0.25) is 9.67 Å². The van der Waals surface area contributed by atoms with Gasteiger partial charge in [0.1, 0.15) is 0 Å². The number of halogens is 1. The topological polar surface area (TPSA) is 42.7 Å². The van der Waals surface area contributed by atoms with Crippen molar-refractivity contribution in [3.05, 3.63) is 45.4 Å². The van der Waals surface area contributed by atoms with Crippen LogP contribution in [0.2, 0.25) is 0 Å². The van der Waals surface area contributed by atoms with E-state index in [9.17, 15) is 0 Å². The number of likely N-dealkylation sites (N-methyl/N-ethyl adjacent to an activating group) is 1. The first kappa shape index (κ1) is 16.2. The Kier molecular flexibility index (Phi) is 5.53. The molecular formula is C16H23BrN4. The standard InChI is InChI=1S/C16H23BrN4/c1-5-12-16(17)15(21(6-2)20-12)10-14(18-4)13-9-7-8-11(3)19-13/h7-9,14,18H,5-6,10H2,1-4H3. The quantitative estimate of drug-likeness (QED) is 0.867. The van der Waals surface area contributed by atoms with Gasteiger partial charge in [-0.15, -0.1) is 0 Å². The molecule has 0 radical (unpaired) electrons. The van der Waals surface area contributed by atoms with Gasteiger partial charge in [-0.1, -0.05) is 13.0 Å². The fraction of sp³-hybridized carbons (Fsp3) is 0.500. The number of hydrogen-bond acceptors (Lipinski definition) is 3. The predicted octanol–water partition coefficient (Wildman–Crippen LogP) is 3.43. The van der Waals surface area contributed by atoms with Crippen molar-refractivity contribution in [3.63, 3.8) is 0 Å². The Morgan fingerprint density at radius 3 is 2.67 bits per heavy atom. The third kappa shape index (κ3) is 3.52. The molecule has 0 amide bonds. The lowest BCUT2D eigenvalue weighted by Gasteiger charge is -2.17. The SMILES string of the molecule is CCc1nn(CC)c(CC(NC)c2cccc(C)n2)c1Br. The Hall–Kier alpha value is -1.20. The number of rotatable bonds is 6. The molecule has 4 nitrogen and oxygen atoms in total. The monoisotopic (exact) mass is 350 g/mol. The minimum Gasteiger partial charge on any atom is -0.311 e. The average Bonchev–Trinajstić information content (AvgIpc) is 2.80. The molecule has 5 heteroatoms. The zero-order valence-electron chi connectivity index (χ0n) is 13.2. The van der Waals surface area contributed by atoms with Crippen LogP contribution in [0.1, 0.15) is 42.7 Å². The summed E-state index contributed by atoms with van der Waals surface area (Å²) < 4.78 is 3.23. The first-order valence-electron chi connectivity index (χ1n) is 7.45. The van der Waals surface area contributed by atoms with Gasteiger partial charge in [0.15, 0.2) is 0 Å². The van der Waals surface area contributed by atoms with Gasteiger partial charge in [-0.2, -0.15) is 5.10 Å². The van der Waals surface area contributed by atoms with Crippen molar-refractivity contribution in [2.45, 2.75) is 46.2 Å². The Bertz CT molecular complexity index is 606. The third-order valence-corrected chi connectivity index (χ3v) is 4.62. The van der Waals surface area contributed by atoms with Crippen LogP contribution in [0, 0.1) is 6.92 Å². The normalized spacial score (nSPS) is 12.6. The van der Waals surface area contributed by atoms with Crippen molar-refractivity contribution < 1.29 is 0 Å². The molecule has 2 rings (SSSR count). The Balaban J connectivity index is 2.32. The second kappa shape index (κ2) is 7.18. The summed E-state index contributed by atoms with van der Waals surface area (Å²) in [4.78, 5) is 4.65. The Morgan fingerprint density at radius 2 is 2.10 bits per heavy atom. The van der Waals surface area contributed by atoms with Crippen molar-refractivity contribution in [1.82, 2.24) is 20.1 Å². The van der Waals surface area contributed by atoms with Crippen LogP contribution in [0.25, 0.3) is 0 Å². The lowest BCUT2D eigenvalue weighted by Crippen LogP contribution is -2.22. The highest BCUT2D eigenvalue weighted by Gasteiger charge is 2.19. The lowest BCUT2D eigenvalue weighted by atomic mass is 10.1. The molecule has 2 aromatic heterocycles. The summed E-state index contributed by atoms with van der Waals surface area (Å²) in [6.07, 6.45) is 1.81. The minimum absolute atomic E-state index is 0.188. The summed E-state index contributed by atoms with van der Waals surface area (Å²) in [5, 5.41) is 8.04. The largest absolute Gasteiger partial charge is 0.311 e. The van der Waals surface area contributed by atoms with Crippen LogP contribution in [0.3, 0.4) is 0 Å². The maximum absolute atomic E-state index is 4.67. The van der Waals surface area contributed by atoms with Crippen molar-refractivity contribution >= 4 is 15.9 Å².